The maximum Gasteiger partial charge on any atom is 0.194 e. The van der Waals surface area contributed by atoms with Crippen LogP contribution in [0.2, 0.25) is 0 Å². The van der Waals surface area contributed by atoms with Crippen molar-refractivity contribution in [1.29, 1.82) is 0 Å². The van der Waals surface area contributed by atoms with E-state index < -0.39 is 0 Å². The molecule has 4 nitrogen and oxygen atoms in total. The number of fused-ring (bicyclic) bond motifs is 1. The van der Waals surface area contributed by atoms with E-state index in [0.29, 0.717) is 12.1 Å². The van der Waals surface area contributed by atoms with E-state index in [4.69, 9.17) is 0 Å². The van der Waals surface area contributed by atoms with Crippen LogP contribution in [0.4, 0.5) is 0 Å². The summed E-state index contributed by atoms with van der Waals surface area (Å²) >= 11 is 1.74. The van der Waals surface area contributed by atoms with Crippen LogP contribution in [0.3, 0.4) is 0 Å². The van der Waals surface area contributed by atoms with Gasteiger partial charge >= 0.3 is 0 Å². The maximum absolute atomic E-state index is 4.51. The van der Waals surface area contributed by atoms with E-state index in [2.05, 4.69) is 27.1 Å². The highest BCUT2D eigenvalue weighted by atomic mass is 32.1. The standard InChI is InChI=1S/C10H14N4S/c1-7-6-14-8(9-11-4-5-15-9)2-3-12-10(14)13-7/h4-5,7-8H,2-3,6H2,1H3,(H,12,13). The van der Waals surface area contributed by atoms with Gasteiger partial charge in [-0.05, 0) is 13.3 Å². The van der Waals surface area contributed by atoms with Crippen LogP contribution in [0.1, 0.15) is 24.4 Å². The molecule has 3 heterocycles. The number of nitrogens with zero attached hydrogens (tertiary/aromatic N) is 3. The predicted octanol–water partition coefficient (Wildman–Crippen LogP) is 1.24. The summed E-state index contributed by atoms with van der Waals surface area (Å²) < 4.78 is 0. The van der Waals surface area contributed by atoms with Gasteiger partial charge in [0.25, 0.3) is 0 Å². The molecule has 2 atom stereocenters. The molecule has 3 rings (SSSR count). The van der Waals surface area contributed by atoms with Gasteiger partial charge in [0, 0.05) is 30.7 Å². The Hall–Kier alpha value is -1.10. The fourth-order valence-electron chi connectivity index (χ4n) is 2.25. The van der Waals surface area contributed by atoms with E-state index in [1.165, 1.54) is 5.01 Å². The van der Waals surface area contributed by atoms with Crippen molar-refractivity contribution in [1.82, 2.24) is 15.2 Å². The summed E-state index contributed by atoms with van der Waals surface area (Å²) in [5.41, 5.74) is 0. The van der Waals surface area contributed by atoms with Gasteiger partial charge in [-0.3, -0.25) is 4.99 Å². The third-order valence-electron chi connectivity index (χ3n) is 2.89. The highest BCUT2D eigenvalue weighted by Gasteiger charge is 2.34. The lowest BCUT2D eigenvalue weighted by atomic mass is 10.1. The molecule has 0 saturated carbocycles. The molecule has 1 aromatic rings. The van der Waals surface area contributed by atoms with E-state index in [-0.39, 0.29) is 0 Å². The molecule has 0 spiro atoms. The van der Waals surface area contributed by atoms with Crippen molar-refractivity contribution in [3.8, 4) is 0 Å². The molecule has 1 aromatic heterocycles. The van der Waals surface area contributed by atoms with Gasteiger partial charge in [-0.25, -0.2) is 4.98 Å². The van der Waals surface area contributed by atoms with Gasteiger partial charge in [0.2, 0.25) is 0 Å². The van der Waals surface area contributed by atoms with Crippen LogP contribution in [0.25, 0.3) is 0 Å². The van der Waals surface area contributed by atoms with Crippen molar-refractivity contribution >= 4 is 17.3 Å². The van der Waals surface area contributed by atoms with Gasteiger partial charge in [0.1, 0.15) is 5.01 Å². The summed E-state index contributed by atoms with van der Waals surface area (Å²) in [6.07, 6.45) is 2.98. The number of thiazole rings is 1. The zero-order valence-electron chi connectivity index (χ0n) is 8.68. The predicted molar refractivity (Wildman–Crippen MR) is 61.1 cm³/mol. The number of hydrogen-bond donors (Lipinski definition) is 1. The van der Waals surface area contributed by atoms with Gasteiger partial charge in [0.05, 0.1) is 6.04 Å². The average molecular weight is 222 g/mol. The molecule has 15 heavy (non-hydrogen) atoms. The first kappa shape index (κ1) is 9.15. The van der Waals surface area contributed by atoms with E-state index in [9.17, 15) is 0 Å². The molecule has 0 amide bonds. The molecular weight excluding hydrogens is 208 g/mol. The Morgan fingerprint density at radius 2 is 2.53 bits per heavy atom. The smallest absolute Gasteiger partial charge is 0.194 e. The van der Waals surface area contributed by atoms with E-state index >= 15 is 0 Å². The maximum atomic E-state index is 4.51. The Morgan fingerprint density at radius 1 is 1.60 bits per heavy atom. The second kappa shape index (κ2) is 3.48. The molecule has 0 radical (unpaired) electrons. The van der Waals surface area contributed by atoms with Gasteiger partial charge in [-0.2, -0.15) is 0 Å². The van der Waals surface area contributed by atoms with Crippen molar-refractivity contribution in [2.24, 2.45) is 4.99 Å². The molecule has 1 fully saturated rings. The van der Waals surface area contributed by atoms with Gasteiger partial charge in [-0.1, -0.05) is 0 Å². The monoisotopic (exact) mass is 222 g/mol. The highest BCUT2D eigenvalue weighted by molar-refractivity contribution is 7.09. The minimum atomic E-state index is 0.440. The zero-order valence-corrected chi connectivity index (χ0v) is 9.50. The first-order chi connectivity index (χ1) is 7.34. The molecule has 1 N–H and O–H groups in total. The number of hydrogen-bond acceptors (Lipinski definition) is 5. The first-order valence-electron chi connectivity index (χ1n) is 5.31. The number of aromatic nitrogens is 1. The van der Waals surface area contributed by atoms with Crippen LogP contribution in [-0.4, -0.2) is 35.0 Å². The van der Waals surface area contributed by atoms with Crippen molar-refractivity contribution < 1.29 is 0 Å². The van der Waals surface area contributed by atoms with Gasteiger partial charge in [0.15, 0.2) is 5.96 Å². The fraction of sp³-hybridized carbons (Fsp3) is 0.600. The molecule has 2 unspecified atom stereocenters. The first-order valence-corrected chi connectivity index (χ1v) is 6.19. The molecule has 0 bridgehead atoms. The van der Waals surface area contributed by atoms with Crippen LogP contribution < -0.4 is 5.32 Å². The minimum absolute atomic E-state index is 0.440. The Bertz CT molecular complexity index is 373. The molecule has 2 aliphatic heterocycles. The minimum Gasteiger partial charge on any atom is -0.352 e. The van der Waals surface area contributed by atoms with Crippen LogP contribution in [0.15, 0.2) is 16.6 Å². The Morgan fingerprint density at radius 3 is 3.33 bits per heavy atom. The Kier molecular flexibility index (Phi) is 2.12. The van der Waals surface area contributed by atoms with Gasteiger partial charge < -0.3 is 10.2 Å². The molecule has 0 aliphatic carbocycles. The summed E-state index contributed by atoms with van der Waals surface area (Å²) in [5, 5.41) is 6.67. The second-order valence-corrected chi connectivity index (χ2v) is 5.00. The quantitative estimate of drug-likeness (QED) is 0.777. The molecule has 80 valence electrons. The molecule has 1 saturated heterocycles. The van der Waals surface area contributed by atoms with E-state index in [1.54, 1.807) is 11.3 Å². The molecule has 0 aromatic carbocycles. The number of aliphatic imine (C=N–C) groups is 1. The molecular formula is C10H14N4S. The van der Waals surface area contributed by atoms with E-state index in [0.717, 1.165) is 25.5 Å². The number of guanidine groups is 1. The summed E-state index contributed by atoms with van der Waals surface area (Å²) in [5.74, 6) is 1.06. The molecule has 2 aliphatic rings. The van der Waals surface area contributed by atoms with Crippen LogP contribution in [0.5, 0.6) is 0 Å². The lowest BCUT2D eigenvalue weighted by Gasteiger charge is -2.30. The third-order valence-corrected chi connectivity index (χ3v) is 3.77. The largest absolute Gasteiger partial charge is 0.352 e. The van der Waals surface area contributed by atoms with Crippen LogP contribution >= 0.6 is 11.3 Å². The fourth-order valence-corrected chi connectivity index (χ4v) is 3.03. The second-order valence-electron chi connectivity index (χ2n) is 4.08. The van der Waals surface area contributed by atoms with Crippen LogP contribution in [0, 0.1) is 0 Å². The Balaban J connectivity index is 1.89. The summed E-state index contributed by atoms with van der Waals surface area (Å²) in [7, 11) is 0. The SMILES string of the molecule is CC1CN2C(=NCCC2c2nccs2)N1. The van der Waals surface area contributed by atoms with Crippen molar-refractivity contribution in [2.75, 3.05) is 13.1 Å². The van der Waals surface area contributed by atoms with Crippen molar-refractivity contribution in [3.05, 3.63) is 16.6 Å². The topological polar surface area (TPSA) is 40.5 Å². The number of rotatable bonds is 1. The Labute approximate surface area is 93.0 Å². The summed E-state index contributed by atoms with van der Waals surface area (Å²) in [6.45, 7) is 4.15. The lowest BCUT2D eigenvalue weighted by molar-refractivity contribution is 0.304. The summed E-state index contributed by atoms with van der Waals surface area (Å²) in [6, 6.07) is 0.944. The van der Waals surface area contributed by atoms with E-state index in [1.807, 2.05) is 11.6 Å². The third kappa shape index (κ3) is 1.51. The van der Waals surface area contributed by atoms with Crippen molar-refractivity contribution in [3.63, 3.8) is 0 Å². The van der Waals surface area contributed by atoms with Crippen molar-refractivity contribution in [2.45, 2.75) is 25.4 Å². The van der Waals surface area contributed by atoms with Crippen LogP contribution in [-0.2, 0) is 0 Å². The normalized spacial score (nSPS) is 29.7. The average Bonchev–Trinajstić information content (AvgIpc) is 2.82. The molecule has 5 heteroatoms. The number of nitrogens with one attached hydrogen (secondary N) is 1. The highest BCUT2D eigenvalue weighted by Crippen LogP contribution is 2.30. The lowest BCUT2D eigenvalue weighted by Crippen LogP contribution is -2.37. The summed E-state index contributed by atoms with van der Waals surface area (Å²) in [4.78, 5) is 11.3. The van der Waals surface area contributed by atoms with Gasteiger partial charge in [-0.15, -0.1) is 11.3 Å². The zero-order chi connectivity index (χ0) is 10.3.